The molecule has 3 heterocycles. The monoisotopic (exact) mass is 425 g/mol. The smallest absolute Gasteiger partial charge is 0.388 e. The molecule has 2 aromatic rings. The molecular weight excluding hydrogens is 408 g/mol. The zero-order valence-corrected chi connectivity index (χ0v) is 15.3. The van der Waals surface area contributed by atoms with E-state index in [-0.39, 0.29) is 23.4 Å². The average molecular weight is 425 g/mol. The van der Waals surface area contributed by atoms with E-state index in [1.165, 1.54) is 17.2 Å². The van der Waals surface area contributed by atoms with Crippen molar-refractivity contribution >= 4 is 32.4 Å². The van der Waals surface area contributed by atoms with E-state index >= 15 is 0 Å². The van der Waals surface area contributed by atoms with Crippen LogP contribution in [0.3, 0.4) is 0 Å². The lowest BCUT2D eigenvalue weighted by Gasteiger charge is -2.17. The maximum Gasteiger partial charge on any atom is 0.476 e. The third-order valence-corrected chi connectivity index (χ3v) is 6.62. The molecule has 3 rings (SSSR count). The number of aliphatic hydroxyl groups is 2. The minimum atomic E-state index is -5.16. The minimum Gasteiger partial charge on any atom is -0.388 e. The highest BCUT2D eigenvalue weighted by molar-refractivity contribution is 7.63. The van der Waals surface area contributed by atoms with Crippen molar-refractivity contribution in [2.24, 2.45) is 0 Å². The maximum absolute atomic E-state index is 11.7. The van der Waals surface area contributed by atoms with Crippen molar-refractivity contribution in [3.63, 3.8) is 0 Å². The molecule has 5 unspecified atom stereocenters. The maximum atomic E-state index is 11.7. The highest BCUT2D eigenvalue weighted by Crippen LogP contribution is 2.57. The van der Waals surface area contributed by atoms with Crippen molar-refractivity contribution in [2.45, 2.75) is 31.0 Å². The molecule has 27 heavy (non-hydrogen) atoms. The van der Waals surface area contributed by atoms with Crippen molar-refractivity contribution in [3.05, 3.63) is 12.7 Å². The summed E-state index contributed by atoms with van der Waals surface area (Å²) in [6.07, 6.45) is -3.65. The van der Waals surface area contributed by atoms with Gasteiger partial charge >= 0.3 is 15.4 Å². The van der Waals surface area contributed by atoms with E-state index in [0.717, 1.165) is 0 Å². The molecule has 2 aromatic heterocycles. The van der Waals surface area contributed by atoms with Crippen molar-refractivity contribution < 1.29 is 43.1 Å². The second kappa shape index (κ2) is 7.17. The molecule has 0 spiro atoms. The van der Waals surface area contributed by atoms with Crippen LogP contribution in [0, 0.1) is 0 Å². The average Bonchev–Trinajstić information content (AvgIpc) is 3.07. The Morgan fingerprint density at radius 2 is 1.89 bits per heavy atom. The number of ether oxygens (including phenoxy) is 1. The fourth-order valence-electron chi connectivity index (χ4n) is 2.75. The topological polar surface area (TPSA) is 223 Å². The first kappa shape index (κ1) is 20.3. The number of rotatable bonds is 6. The van der Waals surface area contributed by atoms with Gasteiger partial charge in [-0.1, -0.05) is 0 Å². The first-order chi connectivity index (χ1) is 12.5. The van der Waals surface area contributed by atoms with Crippen molar-refractivity contribution in [2.75, 3.05) is 11.9 Å². The predicted molar refractivity (Wildman–Crippen MR) is 88.1 cm³/mol. The number of fused-ring (bicyclic) bond motifs is 1. The summed E-state index contributed by atoms with van der Waals surface area (Å²) in [6, 6.07) is 0. The molecule has 14 nitrogen and oxygen atoms in total. The van der Waals surface area contributed by atoms with Gasteiger partial charge in [-0.25, -0.2) is 23.8 Å². The van der Waals surface area contributed by atoms with Crippen LogP contribution in [0.4, 0.5) is 5.82 Å². The van der Waals surface area contributed by atoms with Gasteiger partial charge in [0.2, 0.25) is 0 Å². The van der Waals surface area contributed by atoms with Crippen LogP contribution in [-0.4, -0.2) is 68.9 Å². The summed E-state index contributed by atoms with van der Waals surface area (Å²) in [5.74, 6) is 0.110. The molecule has 0 bridgehead atoms. The van der Waals surface area contributed by atoms with Gasteiger partial charge in [0.15, 0.2) is 17.7 Å². The summed E-state index contributed by atoms with van der Waals surface area (Å²) in [6.45, 7) is 0. The Hall–Kier alpha value is -1.47. The quantitative estimate of drug-likeness (QED) is 0.297. The molecule has 7 N–H and O–H groups in total. The SMILES string of the molecule is Nc1ncnc2c1ncn2C1OC(CCP(=O)(O)OP(=O)(O)O)C(O)C1O. The normalized spacial score (nSPS) is 28.5. The zero-order chi connectivity index (χ0) is 20.0. The number of anilines is 1. The molecule has 1 aliphatic heterocycles. The molecule has 0 radical (unpaired) electrons. The van der Waals surface area contributed by atoms with Crippen LogP contribution in [0.5, 0.6) is 0 Å². The standard InChI is InChI=1S/C11H17N5O9P2/c12-9-6-10(14-3-13-9)16(4-15-6)11-8(18)7(17)5(24-11)1-2-26(19,20)25-27(21,22)23/h3-5,7-8,11,17-18H,1-2H2,(H,19,20)(H2,12,13,14)(H2,21,22,23). The molecular formula is C11H17N5O9P2. The fraction of sp³-hybridized carbons (Fsp3) is 0.545. The Kier molecular flexibility index (Phi) is 5.38. The van der Waals surface area contributed by atoms with Crippen LogP contribution >= 0.6 is 15.4 Å². The minimum absolute atomic E-state index is 0.110. The Bertz CT molecular complexity index is 932. The number of nitrogens with zero attached hydrogens (tertiary/aromatic N) is 4. The van der Waals surface area contributed by atoms with Crippen molar-refractivity contribution in [1.29, 1.82) is 0 Å². The lowest BCUT2D eigenvalue weighted by molar-refractivity contribution is -0.0355. The van der Waals surface area contributed by atoms with Gasteiger partial charge in [0.25, 0.3) is 0 Å². The number of nitrogen functional groups attached to an aromatic ring is 1. The van der Waals surface area contributed by atoms with E-state index in [1.807, 2.05) is 0 Å². The van der Waals surface area contributed by atoms with Gasteiger partial charge in [0.1, 0.15) is 24.1 Å². The van der Waals surface area contributed by atoms with Crippen LogP contribution in [-0.2, 0) is 18.2 Å². The summed E-state index contributed by atoms with van der Waals surface area (Å²) in [5.41, 5.74) is 6.20. The number of phosphoric acid groups is 1. The Balaban J connectivity index is 1.75. The molecule has 16 heteroatoms. The summed E-state index contributed by atoms with van der Waals surface area (Å²) in [7, 11) is -9.79. The third kappa shape index (κ3) is 4.35. The largest absolute Gasteiger partial charge is 0.476 e. The van der Waals surface area contributed by atoms with Gasteiger partial charge in [0.05, 0.1) is 18.6 Å². The summed E-state index contributed by atoms with van der Waals surface area (Å²) in [5, 5.41) is 20.4. The van der Waals surface area contributed by atoms with Crippen LogP contribution in [0.15, 0.2) is 12.7 Å². The number of hydrogen-bond donors (Lipinski definition) is 6. The first-order valence-electron chi connectivity index (χ1n) is 7.52. The molecule has 1 fully saturated rings. The fourth-order valence-corrected chi connectivity index (χ4v) is 4.99. The molecule has 0 amide bonds. The number of imidazole rings is 1. The van der Waals surface area contributed by atoms with E-state index < -0.39 is 46.1 Å². The number of hydrogen-bond acceptors (Lipinski definition) is 10. The van der Waals surface area contributed by atoms with Crippen LogP contribution < -0.4 is 5.73 Å². The van der Waals surface area contributed by atoms with Crippen LogP contribution in [0.25, 0.3) is 11.2 Å². The van der Waals surface area contributed by atoms with E-state index in [4.69, 9.17) is 20.3 Å². The van der Waals surface area contributed by atoms with E-state index in [9.17, 15) is 24.2 Å². The predicted octanol–water partition coefficient (Wildman–Crippen LogP) is -1.29. The molecule has 0 aliphatic carbocycles. The Morgan fingerprint density at radius 3 is 2.56 bits per heavy atom. The van der Waals surface area contributed by atoms with E-state index in [2.05, 4.69) is 19.3 Å². The lowest BCUT2D eigenvalue weighted by atomic mass is 10.1. The second-order valence-electron chi connectivity index (χ2n) is 5.85. The number of nitrogens with two attached hydrogens (primary N) is 1. The summed E-state index contributed by atoms with van der Waals surface area (Å²) < 4.78 is 33.1. The van der Waals surface area contributed by atoms with Crippen LogP contribution in [0.2, 0.25) is 0 Å². The van der Waals surface area contributed by atoms with Gasteiger partial charge in [-0.3, -0.25) is 9.13 Å². The summed E-state index contributed by atoms with van der Waals surface area (Å²) >= 11 is 0. The first-order valence-corrected chi connectivity index (χ1v) is 10.8. The highest BCUT2D eigenvalue weighted by atomic mass is 31.3. The third-order valence-electron chi connectivity index (χ3n) is 3.93. The van der Waals surface area contributed by atoms with E-state index in [1.54, 1.807) is 0 Å². The lowest BCUT2D eigenvalue weighted by Crippen LogP contribution is -2.32. The molecule has 1 aliphatic rings. The van der Waals surface area contributed by atoms with Crippen molar-refractivity contribution in [1.82, 2.24) is 19.5 Å². The van der Waals surface area contributed by atoms with Gasteiger partial charge in [0, 0.05) is 0 Å². The van der Waals surface area contributed by atoms with Gasteiger partial charge < -0.3 is 35.4 Å². The zero-order valence-electron chi connectivity index (χ0n) is 13.5. The number of aromatic nitrogens is 4. The van der Waals surface area contributed by atoms with Gasteiger partial charge in [-0.05, 0) is 6.42 Å². The Morgan fingerprint density at radius 1 is 1.19 bits per heavy atom. The van der Waals surface area contributed by atoms with Crippen molar-refractivity contribution in [3.8, 4) is 0 Å². The molecule has 0 aromatic carbocycles. The van der Waals surface area contributed by atoms with Crippen LogP contribution in [0.1, 0.15) is 12.6 Å². The molecule has 0 saturated carbocycles. The molecule has 150 valence electrons. The molecule has 5 atom stereocenters. The van der Waals surface area contributed by atoms with Gasteiger partial charge in [-0.15, -0.1) is 0 Å². The summed E-state index contributed by atoms with van der Waals surface area (Å²) in [4.78, 5) is 38.6. The number of aliphatic hydroxyl groups excluding tert-OH is 2. The molecule has 1 saturated heterocycles. The Labute approximate surface area is 151 Å². The van der Waals surface area contributed by atoms with Gasteiger partial charge in [-0.2, -0.15) is 0 Å². The highest BCUT2D eigenvalue weighted by Gasteiger charge is 2.45. The second-order valence-corrected chi connectivity index (χ2v) is 9.21. The van der Waals surface area contributed by atoms with E-state index in [0.29, 0.717) is 0 Å².